The minimum absolute atomic E-state index is 0.198. The molecule has 3 heterocycles. The lowest BCUT2D eigenvalue weighted by molar-refractivity contribution is -0.133. The first-order valence-electron chi connectivity index (χ1n) is 11.4. The minimum Gasteiger partial charge on any atom is -0.362 e. The molecule has 4 aliphatic rings. The molecule has 1 unspecified atom stereocenters. The summed E-state index contributed by atoms with van der Waals surface area (Å²) in [5, 5.41) is 4.83. The van der Waals surface area contributed by atoms with E-state index < -0.39 is 0 Å². The van der Waals surface area contributed by atoms with Gasteiger partial charge in [-0.1, -0.05) is 24.2 Å². The maximum Gasteiger partial charge on any atom is 0.227 e. The number of rotatable bonds is 4. The second-order valence-electron chi connectivity index (χ2n) is 9.47. The number of pyridine rings is 1. The Hall–Kier alpha value is -1.60. The van der Waals surface area contributed by atoms with Crippen LogP contribution >= 0.6 is 11.8 Å². The Balaban J connectivity index is 1.14. The van der Waals surface area contributed by atoms with Crippen LogP contribution in [-0.4, -0.2) is 51.8 Å². The van der Waals surface area contributed by atoms with E-state index in [0.717, 1.165) is 48.5 Å². The summed E-state index contributed by atoms with van der Waals surface area (Å²) in [4.78, 5) is 23.2. The summed E-state index contributed by atoms with van der Waals surface area (Å²) in [5.74, 6) is 2.39. The van der Waals surface area contributed by atoms with Crippen molar-refractivity contribution in [3.8, 4) is 0 Å². The van der Waals surface area contributed by atoms with Gasteiger partial charge in [-0.25, -0.2) is 4.99 Å². The van der Waals surface area contributed by atoms with Gasteiger partial charge in [-0.2, -0.15) is 0 Å². The second kappa shape index (κ2) is 8.50. The molecule has 0 aromatic carbocycles. The maximum atomic E-state index is 12.7. The van der Waals surface area contributed by atoms with Crippen molar-refractivity contribution in [2.24, 2.45) is 22.7 Å². The van der Waals surface area contributed by atoms with E-state index >= 15 is 0 Å². The normalized spacial score (nSPS) is 34.1. The predicted molar refractivity (Wildman–Crippen MR) is 119 cm³/mol. The Morgan fingerprint density at radius 1 is 1.30 bits per heavy atom. The van der Waals surface area contributed by atoms with Crippen LogP contribution in [0, 0.1) is 17.8 Å². The third-order valence-electron chi connectivity index (χ3n) is 7.57. The summed E-state index contributed by atoms with van der Waals surface area (Å²) in [6.45, 7) is 4.25. The molecule has 2 aliphatic carbocycles. The number of fused-ring (bicyclic) bond motifs is 2. The fourth-order valence-corrected chi connectivity index (χ4v) is 7.00. The third kappa shape index (κ3) is 4.24. The highest BCUT2D eigenvalue weighted by Gasteiger charge is 2.44. The summed E-state index contributed by atoms with van der Waals surface area (Å²) >= 11 is 1.77. The number of carbonyl (C=O) groups excluding carboxylic acids is 1. The highest BCUT2D eigenvalue weighted by Crippen LogP contribution is 2.46. The standard InChI is InChI=1S/C23H32N4O2S/c1-23(29-15-25-22(30-23)26-20-12-16-4-5-18(20)11-16)19-6-9-27(10-7-19)21(28)13-17-3-2-8-24-14-17/h2-3,8,14,16,18-20H,4-7,9-13,15H2,1H3,(H,25,26)/t16-,18+,20+,23?/m1/s1. The molecular weight excluding hydrogens is 396 g/mol. The van der Waals surface area contributed by atoms with E-state index in [1.54, 1.807) is 24.2 Å². The van der Waals surface area contributed by atoms with E-state index in [0.29, 0.717) is 25.1 Å². The van der Waals surface area contributed by atoms with Crippen LogP contribution in [0.25, 0.3) is 0 Å². The summed E-state index contributed by atoms with van der Waals surface area (Å²) in [7, 11) is 0. The number of nitrogens with one attached hydrogen (secondary N) is 1. The number of carbonyl (C=O) groups is 1. The molecule has 5 rings (SSSR count). The predicted octanol–water partition coefficient (Wildman–Crippen LogP) is 3.43. The second-order valence-corrected chi connectivity index (χ2v) is 10.9. The lowest BCUT2D eigenvalue weighted by atomic mass is 9.91. The van der Waals surface area contributed by atoms with Gasteiger partial charge in [-0.15, -0.1) is 0 Å². The molecule has 7 heteroatoms. The zero-order chi connectivity index (χ0) is 20.6. The van der Waals surface area contributed by atoms with Gasteiger partial charge in [-0.05, 0) is 62.5 Å². The highest BCUT2D eigenvalue weighted by atomic mass is 32.2. The molecule has 30 heavy (non-hydrogen) atoms. The topological polar surface area (TPSA) is 66.8 Å². The number of ether oxygens (including phenoxy) is 1. The summed E-state index contributed by atoms with van der Waals surface area (Å²) in [6.07, 6.45) is 11.4. The van der Waals surface area contributed by atoms with Crippen molar-refractivity contribution in [3.05, 3.63) is 30.1 Å². The first-order chi connectivity index (χ1) is 14.6. The number of amides is 1. The number of nitrogens with zero attached hydrogens (tertiary/aromatic N) is 3. The smallest absolute Gasteiger partial charge is 0.227 e. The molecular formula is C23H32N4O2S. The molecule has 0 spiro atoms. The Kier molecular flexibility index (Phi) is 5.75. The van der Waals surface area contributed by atoms with Crippen LogP contribution in [0.15, 0.2) is 29.5 Å². The number of likely N-dealkylation sites (tertiary alicyclic amines) is 1. The molecule has 1 aromatic rings. The van der Waals surface area contributed by atoms with Crippen LogP contribution in [0.5, 0.6) is 0 Å². The average Bonchev–Trinajstić information content (AvgIpc) is 3.38. The Morgan fingerprint density at radius 3 is 2.87 bits per heavy atom. The molecule has 2 saturated carbocycles. The van der Waals surface area contributed by atoms with Crippen molar-refractivity contribution in [1.29, 1.82) is 0 Å². The maximum absolute atomic E-state index is 12.7. The zero-order valence-electron chi connectivity index (χ0n) is 17.8. The number of piperidine rings is 1. The van der Waals surface area contributed by atoms with Crippen molar-refractivity contribution < 1.29 is 9.53 Å². The molecule has 1 amide bonds. The molecule has 1 aromatic heterocycles. The van der Waals surface area contributed by atoms with Crippen LogP contribution in [-0.2, 0) is 16.0 Å². The lowest BCUT2D eigenvalue weighted by Gasteiger charge is -2.43. The molecule has 4 atom stereocenters. The third-order valence-corrected chi connectivity index (χ3v) is 8.87. The van der Waals surface area contributed by atoms with Crippen LogP contribution < -0.4 is 5.32 Å². The molecule has 0 radical (unpaired) electrons. The molecule has 2 bridgehead atoms. The fourth-order valence-electron chi connectivity index (χ4n) is 5.77. The number of aromatic nitrogens is 1. The molecule has 1 saturated heterocycles. The number of hydrogen-bond donors (Lipinski definition) is 1. The first kappa shape index (κ1) is 20.3. The highest BCUT2D eigenvalue weighted by molar-refractivity contribution is 8.14. The largest absolute Gasteiger partial charge is 0.362 e. The van der Waals surface area contributed by atoms with Crippen molar-refractivity contribution >= 4 is 22.8 Å². The first-order valence-corrected chi connectivity index (χ1v) is 12.2. The van der Waals surface area contributed by atoms with E-state index in [4.69, 9.17) is 4.74 Å². The Morgan fingerprint density at radius 2 is 2.17 bits per heavy atom. The molecule has 162 valence electrons. The molecule has 1 N–H and O–H groups in total. The van der Waals surface area contributed by atoms with Gasteiger partial charge in [0.15, 0.2) is 5.17 Å². The average molecular weight is 429 g/mol. The molecule has 6 nitrogen and oxygen atoms in total. The van der Waals surface area contributed by atoms with Gasteiger partial charge in [0.05, 0.1) is 6.42 Å². The van der Waals surface area contributed by atoms with E-state index in [9.17, 15) is 4.79 Å². The van der Waals surface area contributed by atoms with Gasteiger partial charge in [0.2, 0.25) is 5.91 Å². The van der Waals surface area contributed by atoms with E-state index in [2.05, 4.69) is 22.2 Å². The Labute approximate surface area is 183 Å². The van der Waals surface area contributed by atoms with Crippen molar-refractivity contribution in [2.75, 3.05) is 19.8 Å². The summed E-state index contributed by atoms with van der Waals surface area (Å²) < 4.78 is 6.18. The number of thioether (sulfide) groups is 1. The Bertz CT molecular complexity index is 796. The SMILES string of the molecule is CC1(C2CCN(C(=O)Cc3cccnc3)CC2)OCN=C(N[C@H]2C[C@@H]3CC[C@H]2C3)S1. The summed E-state index contributed by atoms with van der Waals surface area (Å²) in [6, 6.07) is 4.45. The van der Waals surface area contributed by atoms with E-state index in [1.165, 1.54) is 25.7 Å². The van der Waals surface area contributed by atoms with Gasteiger partial charge < -0.3 is 15.0 Å². The van der Waals surface area contributed by atoms with Crippen molar-refractivity contribution in [1.82, 2.24) is 15.2 Å². The number of hydrogen-bond acceptors (Lipinski definition) is 6. The van der Waals surface area contributed by atoms with Crippen molar-refractivity contribution in [2.45, 2.75) is 62.8 Å². The monoisotopic (exact) mass is 428 g/mol. The molecule has 2 aliphatic heterocycles. The lowest BCUT2D eigenvalue weighted by Crippen LogP contribution is -2.49. The summed E-state index contributed by atoms with van der Waals surface area (Å²) in [5.41, 5.74) is 0.982. The quantitative estimate of drug-likeness (QED) is 0.796. The minimum atomic E-state index is -0.264. The van der Waals surface area contributed by atoms with Gasteiger partial charge in [-0.3, -0.25) is 9.78 Å². The van der Waals surface area contributed by atoms with Crippen LogP contribution in [0.3, 0.4) is 0 Å². The van der Waals surface area contributed by atoms with Crippen LogP contribution in [0.1, 0.15) is 51.0 Å². The van der Waals surface area contributed by atoms with E-state index in [-0.39, 0.29) is 10.8 Å². The van der Waals surface area contributed by atoms with E-state index in [1.807, 2.05) is 17.0 Å². The van der Waals surface area contributed by atoms with Gasteiger partial charge in [0.1, 0.15) is 11.7 Å². The number of aliphatic imine (C=N–C) groups is 1. The fraction of sp³-hybridized carbons (Fsp3) is 0.696. The molecule has 3 fully saturated rings. The van der Waals surface area contributed by atoms with Gasteiger partial charge >= 0.3 is 0 Å². The van der Waals surface area contributed by atoms with Crippen molar-refractivity contribution in [3.63, 3.8) is 0 Å². The number of amidine groups is 1. The zero-order valence-corrected chi connectivity index (χ0v) is 18.6. The van der Waals surface area contributed by atoms with Crippen LogP contribution in [0.2, 0.25) is 0 Å². The van der Waals surface area contributed by atoms with Crippen LogP contribution in [0.4, 0.5) is 0 Å². The van der Waals surface area contributed by atoms with Gasteiger partial charge in [0.25, 0.3) is 0 Å². The van der Waals surface area contributed by atoms with Gasteiger partial charge in [0, 0.05) is 37.4 Å².